The van der Waals surface area contributed by atoms with E-state index >= 15 is 0 Å². The number of alkyl halides is 3. The highest BCUT2D eigenvalue weighted by molar-refractivity contribution is 7.15. The largest absolute Gasteiger partial charge is 0.427 e. The first-order chi connectivity index (χ1) is 10.0. The summed E-state index contributed by atoms with van der Waals surface area (Å²) in [6.07, 6.45) is -1.82. The molecule has 0 N–H and O–H groups in total. The quantitative estimate of drug-likeness (QED) is 0.851. The molecule has 21 heavy (non-hydrogen) atoms. The van der Waals surface area contributed by atoms with Gasteiger partial charge in [-0.3, -0.25) is 0 Å². The summed E-state index contributed by atoms with van der Waals surface area (Å²) in [5.74, 6) is 0.785. The Bertz CT molecular complexity index is 592. The van der Waals surface area contributed by atoms with Crippen LogP contribution in [0.5, 0.6) is 0 Å². The van der Waals surface area contributed by atoms with Gasteiger partial charge >= 0.3 is 6.18 Å². The summed E-state index contributed by atoms with van der Waals surface area (Å²) in [5.41, 5.74) is 0. The van der Waals surface area contributed by atoms with Crippen molar-refractivity contribution < 1.29 is 13.2 Å². The lowest BCUT2D eigenvalue weighted by Crippen LogP contribution is -2.46. The summed E-state index contributed by atoms with van der Waals surface area (Å²) >= 11 is 0.687. The van der Waals surface area contributed by atoms with Crippen LogP contribution in [0.2, 0.25) is 0 Å². The molecule has 0 atom stereocenters. The maximum Gasteiger partial charge on any atom is 0.427 e. The van der Waals surface area contributed by atoms with Gasteiger partial charge in [-0.05, 0) is 12.1 Å². The first-order valence-electron chi connectivity index (χ1n) is 6.34. The van der Waals surface area contributed by atoms with Crippen LogP contribution in [-0.2, 0) is 6.18 Å². The number of rotatable bonds is 2. The molecule has 0 radical (unpaired) electrons. The second-order valence-corrected chi connectivity index (χ2v) is 5.57. The third kappa shape index (κ3) is 3.07. The summed E-state index contributed by atoms with van der Waals surface area (Å²) in [4.78, 5) is 7.15. The SMILES string of the molecule is FC(F)(F)c1cnc(N2CCN(c3cccnn3)CC2)s1. The average Bonchev–Trinajstić information content (AvgIpc) is 2.98. The third-order valence-electron chi connectivity index (χ3n) is 3.21. The molecule has 0 amide bonds. The van der Waals surface area contributed by atoms with Crippen LogP contribution < -0.4 is 9.80 Å². The molecule has 112 valence electrons. The molecule has 1 fully saturated rings. The monoisotopic (exact) mass is 315 g/mol. The van der Waals surface area contributed by atoms with Crippen molar-refractivity contribution in [3.8, 4) is 0 Å². The molecule has 0 unspecified atom stereocenters. The Morgan fingerprint density at radius 3 is 2.38 bits per heavy atom. The Hall–Kier alpha value is -1.90. The number of anilines is 2. The van der Waals surface area contributed by atoms with E-state index in [4.69, 9.17) is 0 Å². The number of hydrogen-bond donors (Lipinski definition) is 0. The third-order valence-corrected chi connectivity index (χ3v) is 4.31. The predicted molar refractivity (Wildman–Crippen MR) is 73.6 cm³/mol. The van der Waals surface area contributed by atoms with Crippen molar-refractivity contribution in [3.63, 3.8) is 0 Å². The lowest BCUT2D eigenvalue weighted by Gasteiger charge is -2.34. The molecule has 5 nitrogen and oxygen atoms in total. The minimum Gasteiger partial charge on any atom is -0.352 e. The Balaban J connectivity index is 1.65. The fraction of sp³-hybridized carbons (Fsp3) is 0.417. The predicted octanol–water partition coefficient (Wildman–Crippen LogP) is 2.28. The van der Waals surface area contributed by atoms with Crippen molar-refractivity contribution >= 4 is 22.3 Å². The summed E-state index contributed by atoms with van der Waals surface area (Å²) in [7, 11) is 0. The van der Waals surface area contributed by atoms with Gasteiger partial charge in [0.15, 0.2) is 10.9 Å². The zero-order valence-electron chi connectivity index (χ0n) is 10.9. The minimum absolute atomic E-state index is 0.418. The molecule has 0 aromatic carbocycles. The van der Waals surface area contributed by atoms with Gasteiger partial charge in [-0.25, -0.2) is 4.98 Å². The number of halogens is 3. The maximum absolute atomic E-state index is 12.6. The van der Waals surface area contributed by atoms with Crippen molar-refractivity contribution in [2.45, 2.75) is 6.18 Å². The molecule has 1 aliphatic heterocycles. The van der Waals surface area contributed by atoms with Crippen LogP contribution >= 0.6 is 11.3 Å². The molecule has 3 rings (SSSR count). The van der Waals surface area contributed by atoms with Crippen LogP contribution in [0.4, 0.5) is 24.1 Å². The summed E-state index contributed by atoms with van der Waals surface area (Å²) in [6, 6.07) is 3.68. The van der Waals surface area contributed by atoms with Crippen molar-refractivity contribution in [1.29, 1.82) is 0 Å². The zero-order chi connectivity index (χ0) is 14.9. The fourth-order valence-electron chi connectivity index (χ4n) is 2.13. The Kier molecular flexibility index (Phi) is 3.66. The lowest BCUT2D eigenvalue weighted by molar-refractivity contribution is -0.134. The topological polar surface area (TPSA) is 45.2 Å². The summed E-state index contributed by atoms with van der Waals surface area (Å²) in [6.45, 7) is 2.59. The zero-order valence-corrected chi connectivity index (χ0v) is 11.7. The number of nitrogens with zero attached hydrogens (tertiary/aromatic N) is 5. The molecule has 1 aliphatic rings. The molecule has 0 aliphatic carbocycles. The second kappa shape index (κ2) is 5.47. The van der Waals surface area contributed by atoms with Crippen LogP contribution in [0.3, 0.4) is 0 Å². The van der Waals surface area contributed by atoms with Crippen LogP contribution in [0.25, 0.3) is 0 Å². The van der Waals surface area contributed by atoms with Crippen LogP contribution in [0.15, 0.2) is 24.5 Å². The van der Waals surface area contributed by atoms with Gasteiger partial charge in [-0.1, -0.05) is 11.3 Å². The summed E-state index contributed by atoms with van der Waals surface area (Å²) < 4.78 is 37.7. The van der Waals surface area contributed by atoms with Crippen molar-refractivity contribution in [1.82, 2.24) is 15.2 Å². The van der Waals surface area contributed by atoms with Gasteiger partial charge in [0.1, 0.15) is 4.88 Å². The highest BCUT2D eigenvalue weighted by Gasteiger charge is 2.34. The lowest BCUT2D eigenvalue weighted by atomic mass is 10.3. The van der Waals surface area contributed by atoms with Gasteiger partial charge in [0.2, 0.25) is 0 Å². The van der Waals surface area contributed by atoms with E-state index in [0.29, 0.717) is 42.6 Å². The molecule has 9 heteroatoms. The fourth-order valence-corrected chi connectivity index (χ4v) is 2.97. The van der Waals surface area contributed by atoms with Crippen molar-refractivity contribution in [2.24, 2.45) is 0 Å². The normalized spacial score (nSPS) is 16.3. The van der Waals surface area contributed by atoms with E-state index in [1.165, 1.54) is 0 Å². The van der Waals surface area contributed by atoms with Gasteiger partial charge in [-0.15, -0.1) is 5.10 Å². The van der Waals surface area contributed by atoms with E-state index in [-0.39, 0.29) is 0 Å². The number of piperazine rings is 1. The van der Waals surface area contributed by atoms with Gasteiger partial charge in [-0.2, -0.15) is 18.3 Å². The van der Waals surface area contributed by atoms with E-state index in [1.54, 1.807) is 6.20 Å². The Morgan fingerprint density at radius 1 is 1.10 bits per heavy atom. The number of thiazole rings is 1. The number of hydrogen-bond acceptors (Lipinski definition) is 6. The maximum atomic E-state index is 12.6. The Labute approximate surface area is 123 Å². The van der Waals surface area contributed by atoms with Gasteiger partial charge in [0.25, 0.3) is 0 Å². The molecular weight excluding hydrogens is 303 g/mol. The van der Waals surface area contributed by atoms with Gasteiger partial charge in [0, 0.05) is 32.4 Å². The van der Waals surface area contributed by atoms with E-state index in [1.807, 2.05) is 17.0 Å². The van der Waals surface area contributed by atoms with Crippen molar-refractivity contribution in [3.05, 3.63) is 29.4 Å². The molecule has 0 saturated carbocycles. The molecule has 2 aromatic heterocycles. The first-order valence-corrected chi connectivity index (χ1v) is 7.16. The minimum atomic E-state index is -4.32. The first kappa shape index (κ1) is 14.1. The molecule has 3 heterocycles. The smallest absolute Gasteiger partial charge is 0.352 e. The molecule has 0 bridgehead atoms. The van der Waals surface area contributed by atoms with E-state index in [2.05, 4.69) is 20.1 Å². The average molecular weight is 315 g/mol. The molecular formula is C12H12F3N5S. The van der Waals surface area contributed by atoms with Gasteiger partial charge < -0.3 is 9.80 Å². The van der Waals surface area contributed by atoms with E-state index in [0.717, 1.165) is 12.0 Å². The summed E-state index contributed by atoms with van der Waals surface area (Å²) in [5, 5.41) is 8.28. The molecule has 1 saturated heterocycles. The highest BCUT2D eigenvalue weighted by Crippen LogP contribution is 2.36. The van der Waals surface area contributed by atoms with Crippen LogP contribution in [-0.4, -0.2) is 41.4 Å². The second-order valence-electron chi connectivity index (χ2n) is 4.56. The number of aromatic nitrogens is 3. The van der Waals surface area contributed by atoms with Gasteiger partial charge in [0.05, 0.1) is 6.20 Å². The standard InChI is InChI=1S/C12H12F3N5S/c13-12(14,15)9-8-16-11(21-9)20-6-4-19(5-7-20)10-2-1-3-17-18-10/h1-3,8H,4-7H2. The van der Waals surface area contributed by atoms with E-state index < -0.39 is 11.1 Å². The Morgan fingerprint density at radius 2 is 1.81 bits per heavy atom. The van der Waals surface area contributed by atoms with Crippen LogP contribution in [0, 0.1) is 0 Å². The van der Waals surface area contributed by atoms with Crippen LogP contribution in [0.1, 0.15) is 4.88 Å². The highest BCUT2D eigenvalue weighted by atomic mass is 32.1. The molecule has 2 aromatic rings. The van der Waals surface area contributed by atoms with E-state index in [9.17, 15) is 13.2 Å². The molecule has 0 spiro atoms. The van der Waals surface area contributed by atoms with Crippen molar-refractivity contribution in [2.75, 3.05) is 36.0 Å².